The molecule has 2 amide bonds. The number of benzene rings is 1. The van der Waals surface area contributed by atoms with Gasteiger partial charge >= 0.3 is 0 Å². The number of thiophene rings is 1. The highest BCUT2D eigenvalue weighted by Gasteiger charge is 2.35. The summed E-state index contributed by atoms with van der Waals surface area (Å²) in [5.74, 6) is -0.151. The van der Waals surface area contributed by atoms with Crippen molar-refractivity contribution in [2.45, 2.75) is 57.3 Å². The minimum atomic E-state index is -0.931. The lowest BCUT2D eigenvalue weighted by Crippen LogP contribution is -2.46. The minimum Gasteiger partial charge on any atom is -0.455 e. The van der Waals surface area contributed by atoms with Gasteiger partial charge in [-0.3, -0.25) is 14.5 Å². The van der Waals surface area contributed by atoms with Crippen LogP contribution in [0.2, 0.25) is 0 Å². The first-order valence-electron chi connectivity index (χ1n) is 13.3. The van der Waals surface area contributed by atoms with Crippen molar-refractivity contribution in [1.29, 1.82) is 0 Å². The average molecular weight is 540 g/mol. The zero-order valence-corrected chi connectivity index (χ0v) is 22.3. The predicted molar refractivity (Wildman–Crippen MR) is 143 cm³/mol. The number of carbonyl (C=O) groups is 2. The second-order valence-electron chi connectivity index (χ2n) is 9.96. The largest absolute Gasteiger partial charge is 0.455 e. The summed E-state index contributed by atoms with van der Waals surface area (Å²) in [5.41, 5.74) is 0.560. The molecule has 2 aliphatic rings. The molecule has 1 saturated heterocycles. The molecule has 0 radical (unpaired) electrons. The highest BCUT2D eigenvalue weighted by Crippen LogP contribution is 2.29. The van der Waals surface area contributed by atoms with Gasteiger partial charge in [-0.15, -0.1) is 11.3 Å². The second-order valence-corrected chi connectivity index (χ2v) is 11.0. The summed E-state index contributed by atoms with van der Waals surface area (Å²) in [4.78, 5) is 32.5. The van der Waals surface area contributed by atoms with Gasteiger partial charge in [0, 0.05) is 24.0 Å². The Morgan fingerprint density at radius 1 is 1.05 bits per heavy atom. The highest BCUT2D eigenvalue weighted by atomic mass is 32.1. The van der Waals surface area contributed by atoms with Crippen LogP contribution in [0.3, 0.4) is 0 Å². The molecule has 5 rings (SSSR count). The molecular formula is C29H34FN3O4S. The van der Waals surface area contributed by atoms with Crippen molar-refractivity contribution >= 4 is 23.2 Å². The van der Waals surface area contributed by atoms with E-state index in [9.17, 15) is 14.0 Å². The lowest BCUT2D eigenvalue weighted by Gasteiger charge is -2.32. The van der Waals surface area contributed by atoms with Crippen LogP contribution in [0.4, 0.5) is 4.39 Å². The summed E-state index contributed by atoms with van der Waals surface area (Å²) in [6.07, 6.45) is 5.15. The van der Waals surface area contributed by atoms with Gasteiger partial charge in [-0.2, -0.15) is 0 Å². The molecule has 0 unspecified atom stereocenters. The topological polar surface area (TPSA) is 75.0 Å². The Labute approximate surface area is 226 Å². The van der Waals surface area contributed by atoms with Crippen molar-refractivity contribution in [1.82, 2.24) is 15.1 Å². The smallest absolute Gasteiger partial charge is 0.290 e. The van der Waals surface area contributed by atoms with Crippen molar-refractivity contribution in [2.24, 2.45) is 0 Å². The molecule has 7 nitrogen and oxygen atoms in total. The summed E-state index contributed by atoms with van der Waals surface area (Å²) in [6.45, 7) is 3.79. The van der Waals surface area contributed by atoms with E-state index in [-0.39, 0.29) is 30.2 Å². The van der Waals surface area contributed by atoms with Gasteiger partial charge in [0.2, 0.25) is 5.91 Å². The summed E-state index contributed by atoms with van der Waals surface area (Å²) in [5, 5.41) is 5.13. The van der Waals surface area contributed by atoms with Crippen LogP contribution >= 0.6 is 11.3 Å². The van der Waals surface area contributed by atoms with E-state index in [0.717, 1.165) is 43.6 Å². The van der Waals surface area contributed by atoms with Gasteiger partial charge < -0.3 is 19.4 Å². The number of ether oxygens (including phenoxy) is 1. The molecule has 0 spiro atoms. The first-order valence-corrected chi connectivity index (χ1v) is 14.2. The zero-order chi connectivity index (χ0) is 26.3. The Morgan fingerprint density at radius 2 is 1.82 bits per heavy atom. The van der Waals surface area contributed by atoms with Crippen LogP contribution in [-0.2, 0) is 22.6 Å². The number of morpholine rings is 1. The summed E-state index contributed by atoms with van der Waals surface area (Å²) >= 11 is 1.52. The van der Waals surface area contributed by atoms with E-state index in [2.05, 4.69) is 10.2 Å². The standard InChI is InChI=1S/C29H34FN3O4S/c30-22-10-8-21(9-11-22)27(28(34)31-23-5-2-1-3-6-23)33(20-25-7-4-18-38-25)29(35)26-13-12-24(37-26)19-32-14-16-36-17-15-32/h4,7-13,18,23,27H,1-3,5-6,14-17,19-20H2,(H,31,34)/t27-/m0/s1. The van der Waals surface area contributed by atoms with Gasteiger partial charge in [-0.05, 0) is 54.1 Å². The molecule has 202 valence electrons. The molecule has 1 saturated carbocycles. The Morgan fingerprint density at radius 3 is 2.53 bits per heavy atom. The summed E-state index contributed by atoms with van der Waals surface area (Å²) in [7, 11) is 0. The molecule has 1 N–H and O–H groups in total. The third-order valence-electron chi connectivity index (χ3n) is 7.22. The van der Waals surface area contributed by atoms with Crippen LogP contribution in [0.25, 0.3) is 0 Å². The molecule has 1 aliphatic heterocycles. The van der Waals surface area contributed by atoms with Crippen molar-refractivity contribution in [3.63, 3.8) is 0 Å². The third-order valence-corrected chi connectivity index (χ3v) is 8.08. The van der Waals surface area contributed by atoms with Gasteiger partial charge in [0.05, 0.1) is 26.3 Å². The van der Waals surface area contributed by atoms with Crippen LogP contribution in [0.1, 0.15) is 64.9 Å². The molecule has 9 heteroatoms. The molecule has 2 fully saturated rings. The number of furan rings is 1. The number of nitrogens with one attached hydrogen (secondary N) is 1. The Hall–Kier alpha value is -3.01. The maximum Gasteiger partial charge on any atom is 0.290 e. The monoisotopic (exact) mass is 539 g/mol. The van der Waals surface area contributed by atoms with E-state index >= 15 is 0 Å². The average Bonchev–Trinajstić information content (AvgIpc) is 3.63. The number of hydrogen-bond acceptors (Lipinski definition) is 6. The predicted octanol–water partition coefficient (Wildman–Crippen LogP) is 5.15. The number of amides is 2. The fourth-order valence-corrected chi connectivity index (χ4v) is 5.90. The van der Waals surface area contributed by atoms with Gasteiger partial charge in [0.15, 0.2) is 5.76 Å². The van der Waals surface area contributed by atoms with E-state index in [1.165, 1.54) is 29.9 Å². The Balaban J connectivity index is 1.44. The van der Waals surface area contributed by atoms with Crippen molar-refractivity contribution < 1.29 is 23.1 Å². The normalized spacial score (nSPS) is 17.7. The molecule has 1 aromatic carbocycles. The van der Waals surface area contributed by atoms with Gasteiger partial charge in [-0.25, -0.2) is 4.39 Å². The SMILES string of the molecule is O=C(NC1CCCCC1)[C@H](c1ccc(F)cc1)N(Cc1cccs1)C(=O)c1ccc(CN2CCOCC2)o1. The minimum absolute atomic E-state index is 0.0710. The van der Waals surface area contributed by atoms with Crippen LogP contribution in [0, 0.1) is 5.82 Å². The van der Waals surface area contributed by atoms with Gasteiger partial charge in [-0.1, -0.05) is 37.5 Å². The van der Waals surface area contributed by atoms with Crippen LogP contribution in [-0.4, -0.2) is 54.0 Å². The molecular weight excluding hydrogens is 505 g/mol. The molecule has 3 heterocycles. The summed E-state index contributed by atoms with van der Waals surface area (Å²) in [6, 6.07) is 12.3. The van der Waals surface area contributed by atoms with Crippen molar-refractivity contribution in [2.75, 3.05) is 26.3 Å². The fourth-order valence-electron chi connectivity index (χ4n) is 5.19. The molecule has 1 aliphatic carbocycles. The highest BCUT2D eigenvalue weighted by molar-refractivity contribution is 7.09. The van der Waals surface area contributed by atoms with E-state index in [4.69, 9.17) is 9.15 Å². The molecule has 2 aromatic heterocycles. The lowest BCUT2D eigenvalue weighted by atomic mass is 9.94. The number of hydrogen-bond donors (Lipinski definition) is 1. The van der Waals surface area contributed by atoms with E-state index in [1.807, 2.05) is 23.6 Å². The molecule has 38 heavy (non-hydrogen) atoms. The third kappa shape index (κ3) is 6.70. The molecule has 0 bridgehead atoms. The number of rotatable bonds is 9. The first kappa shape index (κ1) is 26.6. The number of carbonyl (C=O) groups excluding carboxylic acids is 2. The van der Waals surface area contributed by atoms with Crippen LogP contribution < -0.4 is 5.32 Å². The summed E-state index contributed by atoms with van der Waals surface area (Å²) < 4.78 is 25.3. The second kappa shape index (κ2) is 12.7. The number of nitrogens with zero attached hydrogens (tertiary/aromatic N) is 2. The maximum atomic E-state index is 14.0. The molecule has 1 atom stereocenters. The quantitative estimate of drug-likeness (QED) is 0.407. The van der Waals surface area contributed by atoms with Crippen LogP contribution in [0.5, 0.6) is 0 Å². The van der Waals surface area contributed by atoms with Gasteiger partial charge in [0.1, 0.15) is 17.6 Å². The maximum absolute atomic E-state index is 14.0. The fraction of sp³-hybridized carbons (Fsp3) is 0.448. The Bertz CT molecular complexity index is 1180. The van der Waals surface area contributed by atoms with E-state index < -0.39 is 11.9 Å². The van der Waals surface area contributed by atoms with Crippen LogP contribution in [0.15, 0.2) is 58.3 Å². The lowest BCUT2D eigenvalue weighted by molar-refractivity contribution is -0.127. The Kier molecular flexibility index (Phi) is 8.88. The van der Waals surface area contributed by atoms with Gasteiger partial charge in [0.25, 0.3) is 5.91 Å². The first-order chi connectivity index (χ1) is 18.6. The van der Waals surface area contributed by atoms with Crippen molar-refractivity contribution in [3.05, 3.63) is 81.7 Å². The van der Waals surface area contributed by atoms with E-state index in [1.54, 1.807) is 23.1 Å². The van der Waals surface area contributed by atoms with Crippen molar-refractivity contribution in [3.8, 4) is 0 Å². The zero-order valence-electron chi connectivity index (χ0n) is 21.4. The number of halogens is 1. The van der Waals surface area contributed by atoms with E-state index in [0.29, 0.717) is 31.1 Å². The molecule has 3 aromatic rings.